The molecule has 0 saturated carbocycles. The highest BCUT2D eigenvalue weighted by Crippen LogP contribution is 2.37. The van der Waals surface area contributed by atoms with Gasteiger partial charge in [-0.25, -0.2) is 0 Å². The maximum absolute atomic E-state index is 13.5. The number of aliphatic hydroxyl groups excluding tert-OH is 3. The summed E-state index contributed by atoms with van der Waals surface area (Å²) in [6.07, 6.45) is 1.29. The molecule has 0 saturated heterocycles. The quantitative estimate of drug-likeness (QED) is 0.237. The van der Waals surface area contributed by atoms with E-state index in [1.807, 2.05) is 19.1 Å². The van der Waals surface area contributed by atoms with Crippen LogP contribution >= 0.6 is 34.2 Å². The number of carbonyl (C=O) groups excluding carboxylic acids is 2. The van der Waals surface area contributed by atoms with Gasteiger partial charge in [0.1, 0.15) is 12.2 Å². The van der Waals surface area contributed by atoms with E-state index in [2.05, 4.69) is 27.9 Å². The topological polar surface area (TPSA) is 129 Å². The standard InChI is InChI=1S/C29H36ClIN2O7/c1-3-4-5-26(36)33(16-18-6-8-21(30)9-7-18)23-14-20(29(38)32-10-11-34)15-24(27(23)37)40-28-22(31)12-19(17-35)13-25(28)39-2/h6-9,12-13,15,23-24,27,34-35,37H,3-5,10-11,14,16-17H2,1-2H3,(H,32,38). The summed E-state index contributed by atoms with van der Waals surface area (Å²) in [5.74, 6) is 0.153. The van der Waals surface area contributed by atoms with Crippen molar-refractivity contribution in [1.82, 2.24) is 10.2 Å². The van der Waals surface area contributed by atoms with Crippen LogP contribution in [0.3, 0.4) is 0 Å². The van der Waals surface area contributed by atoms with Gasteiger partial charge in [0, 0.05) is 36.5 Å². The van der Waals surface area contributed by atoms with Crippen molar-refractivity contribution in [2.45, 2.75) is 64.0 Å². The highest BCUT2D eigenvalue weighted by Gasteiger charge is 2.40. The highest BCUT2D eigenvalue weighted by atomic mass is 127. The molecule has 9 nitrogen and oxygen atoms in total. The molecule has 0 heterocycles. The zero-order chi connectivity index (χ0) is 29.2. The minimum Gasteiger partial charge on any atom is -0.493 e. The molecule has 1 aliphatic rings. The van der Waals surface area contributed by atoms with Crippen LogP contribution in [0, 0.1) is 3.57 Å². The maximum Gasteiger partial charge on any atom is 0.247 e. The van der Waals surface area contributed by atoms with E-state index in [9.17, 15) is 24.9 Å². The fourth-order valence-corrected chi connectivity index (χ4v) is 5.46. The van der Waals surface area contributed by atoms with Gasteiger partial charge in [-0.1, -0.05) is 37.1 Å². The summed E-state index contributed by atoms with van der Waals surface area (Å²) in [7, 11) is 1.48. The molecular formula is C29H36ClIN2O7. The van der Waals surface area contributed by atoms with Crippen molar-refractivity contribution in [3.05, 3.63) is 67.8 Å². The number of nitrogens with one attached hydrogen (secondary N) is 1. The molecule has 2 aromatic rings. The number of halogens is 2. The number of amides is 2. The van der Waals surface area contributed by atoms with Crippen LogP contribution in [0.25, 0.3) is 0 Å². The van der Waals surface area contributed by atoms with Crippen molar-refractivity contribution in [2.24, 2.45) is 0 Å². The van der Waals surface area contributed by atoms with E-state index in [1.165, 1.54) is 7.11 Å². The van der Waals surface area contributed by atoms with Crippen molar-refractivity contribution in [2.75, 3.05) is 20.3 Å². The molecule has 0 aromatic heterocycles. The van der Waals surface area contributed by atoms with Crippen molar-refractivity contribution in [3.8, 4) is 11.5 Å². The normalized spacial score (nSPS) is 18.6. The van der Waals surface area contributed by atoms with Crippen LogP contribution < -0.4 is 14.8 Å². The second-order valence-corrected chi connectivity index (χ2v) is 11.1. The van der Waals surface area contributed by atoms with Crippen molar-refractivity contribution in [1.29, 1.82) is 0 Å². The van der Waals surface area contributed by atoms with Gasteiger partial charge in [0.15, 0.2) is 11.5 Å². The number of aliphatic hydroxyl groups is 3. The minimum atomic E-state index is -1.18. The number of nitrogens with zero attached hydrogens (tertiary/aromatic N) is 1. The van der Waals surface area contributed by atoms with Gasteiger partial charge >= 0.3 is 0 Å². The van der Waals surface area contributed by atoms with Crippen LogP contribution in [0.15, 0.2) is 48.0 Å². The predicted molar refractivity (Wildman–Crippen MR) is 160 cm³/mol. The third-order valence-corrected chi connectivity index (χ3v) is 7.72. The van der Waals surface area contributed by atoms with Gasteiger partial charge in [0.05, 0.1) is 29.9 Å². The molecule has 2 amide bonds. The maximum atomic E-state index is 13.5. The van der Waals surface area contributed by atoms with Gasteiger partial charge in [-0.15, -0.1) is 0 Å². The Morgan fingerprint density at radius 2 is 1.90 bits per heavy atom. The molecule has 4 N–H and O–H groups in total. The zero-order valence-corrected chi connectivity index (χ0v) is 25.5. The van der Waals surface area contributed by atoms with Gasteiger partial charge in [-0.3, -0.25) is 9.59 Å². The molecular weight excluding hydrogens is 651 g/mol. The van der Waals surface area contributed by atoms with E-state index in [0.717, 1.165) is 12.0 Å². The fraction of sp³-hybridized carbons (Fsp3) is 0.448. The van der Waals surface area contributed by atoms with Crippen LogP contribution in [0.5, 0.6) is 11.5 Å². The number of carbonyl (C=O) groups is 2. The highest BCUT2D eigenvalue weighted by molar-refractivity contribution is 14.1. The SMILES string of the molecule is CCCCC(=O)N(Cc1ccc(Cl)cc1)C1CC(C(=O)NCCO)=CC(Oc2c(I)cc(CO)cc2OC)C1O. The Bertz CT molecular complexity index is 1190. The van der Waals surface area contributed by atoms with E-state index in [0.29, 0.717) is 44.1 Å². The summed E-state index contributed by atoms with van der Waals surface area (Å²) in [5.41, 5.74) is 1.79. The molecule has 0 radical (unpaired) electrons. The molecule has 3 unspecified atom stereocenters. The number of hydrogen-bond acceptors (Lipinski definition) is 7. The monoisotopic (exact) mass is 686 g/mol. The average molecular weight is 687 g/mol. The second-order valence-electron chi connectivity index (χ2n) is 9.53. The van der Waals surface area contributed by atoms with Gasteiger partial charge < -0.3 is 35.0 Å². The number of methoxy groups -OCH3 is 1. The van der Waals surface area contributed by atoms with E-state index >= 15 is 0 Å². The van der Waals surface area contributed by atoms with Gasteiger partial charge in [-0.2, -0.15) is 0 Å². The molecule has 218 valence electrons. The summed E-state index contributed by atoms with van der Waals surface area (Å²) in [6, 6.07) is 9.75. The minimum absolute atomic E-state index is 0.0627. The van der Waals surface area contributed by atoms with Crippen molar-refractivity contribution < 1.29 is 34.4 Å². The molecule has 11 heteroatoms. The summed E-state index contributed by atoms with van der Waals surface area (Å²) in [5, 5.41) is 33.7. The number of rotatable bonds is 13. The zero-order valence-electron chi connectivity index (χ0n) is 22.6. The molecule has 3 rings (SSSR count). The van der Waals surface area contributed by atoms with Gasteiger partial charge in [0.25, 0.3) is 0 Å². The predicted octanol–water partition coefficient (Wildman–Crippen LogP) is 3.58. The second kappa shape index (κ2) is 15.6. The molecule has 40 heavy (non-hydrogen) atoms. The van der Waals surface area contributed by atoms with Crippen LogP contribution in [0.4, 0.5) is 0 Å². The van der Waals surface area contributed by atoms with Crippen molar-refractivity contribution >= 4 is 46.0 Å². The lowest BCUT2D eigenvalue weighted by molar-refractivity contribution is -0.139. The molecule has 0 fully saturated rings. The summed E-state index contributed by atoms with van der Waals surface area (Å²) in [6.45, 7) is 1.86. The van der Waals surface area contributed by atoms with Crippen LogP contribution in [0.1, 0.15) is 43.7 Å². The number of ether oxygens (including phenoxy) is 2. The van der Waals surface area contributed by atoms with E-state index in [1.54, 1.807) is 35.2 Å². The van der Waals surface area contributed by atoms with E-state index in [4.69, 9.17) is 21.1 Å². The fourth-order valence-electron chi connectivity index (χ4n) is 4.54. The molecule has 0 spiro atoms. The first-order valence-corrected chi connectivity index (χ1v) is 14.6. The first kappa shape index (κ1) is 32.1. The lowest BCUT2D eigenvalue weighted by Crippen LogP contribution is -2.54. The summed E-state index contributed by atoms with van der Waals surface area (Å²) in [4.78, 5) is 28.2. The van der Waals surface area contributed by atoms with Crippen LogP contribution in [0.2, 0.25) is 5.02 Å². The lowest BCUT2D eigenvalue weighted by atomic mass is 9.87. The summed E-state index contributed by atoms with van der Waals surface area (Å²) >= 11 is 8.13. The molecule has 2 aromatic carbocycles. The van der Waals surface area contributed by atoms with Gasteiger partial charge in [-0.05, 0) is 70.5 Å². The largest absolute Gasteiger partial charge is 0.493 e. The third-order valence-electron chi connectivity index (χ3n) is 6.67. The van der Waals surface area contributed by atoms with E-state index in [-0.39, 0.29) is 38.6 Å². The number of unbranched alkanes of at least 4 members (excludes halogenated alkanes) is 1. The Morgan fingerprint density at radius 3 is 2.52 bits per heavy atom. The van der Waals surface area contributed by atoms with Crippen LogP contribution in [-0.4, -0.2) is 70.5 Å². The Balaban J connectivity index is 2.02. The van der Waals surface area contributed by atoms with Gasteiger partial charge in [0.2, 0.25) is 11.8 Å². The molecule has 0 aliphatic heterocycles. The Morgan fingerprint density at radius 1 is 1.18 bits per heavy atom. The third kappa shape index (κ3) is 8.32. The first-order chi connectivity index (χ1) is 19.2. The Hall–Kier alpha value is -2.38. The Kier molecular flexibility index (Phi) is 12.5. The lowest BCUT2D eigenvalue weighted by Gasteiger charge is -2.41. The molecule has 3 atom stereocenters. The number of hydrogen-bond donors (Lipinski definition) is 4. The molecule has 0 bridgehead atoms. The Labute approximate surface area is 253 Å². The average Bonchev–Trinajstić information content (AvgIpc) is 2.96. The van der Waals surface area contributed by atoms with E-state index < -0.39 is 24.2 Å². The molecule has 1 aliphatic carbocycles. The van der Waals surface area contributed by atoms with Crippen molar-refractivity contribution in [3.63, 3.8) is 0 Å². The summed E-state index contributed by atoms with van der Waals surface area (Å²) < 4.78 is 12.4. The first-order valence-electron chi connectivity index (χ1n) is 13.2. The van der Waals surface area contributed by atoms with Crippen LogP contribution in [-0.2, 0) is 22.7 Å². The number of benzene rings is 2. The smallest absolute Gasteiger partial charge is 0.247 e.